The quantitative estimate of drug-likeness (QED) is 0.463. The van der Waals surface area contributed by atoms with Gasteiger partial charge in [0.15, 0.2) is 0 Å². The lowest BCUT2D eigenvalue weighted by atomic mass is 9.89. The van der Waals surface area contributed by atoms with Gasteiger partial charge in [-0.15, -0.1) is 0 Å². The zero-order valence-electron chi connectivity index (χ0n) is 6.06. The predicted molar refractivity (Wildman–Crippen MR) is 37.0 cm³/mol. The summed E-state index contributed by atoms with van der Waals surface area (Å²) in [5, 5.41) is 0. The first-order chi connectivity index (χ1) is 4.31. The minimum atomic E-state index is 0.878. The minimum Gasteiger partial charge on any atom is -0.0591 e. The second-order valence-electron chi connectivity index (χ2n) is 4.59. The Labute approximate surface area is 56.6 Å². The van der Waals surface area contributed by atoms with Gasteiger partial charge in [-0.25, -0.2) is 0 Å². The monoisotopic (exact) mass is 122 g/mol. The van der Waals surface area contributed by atoms with Crippen LogP contribution in [-0.2, 0) is 0 Å². The molecule has 9 heavy (non-hydrogen) atoms. The van der Waals surface area contributed by atoms with Crippen molar-refractivity contribution in [2.24, 2.45) is 23.2 Å². The summed E-state index contributed by atoms with van der Waals surface area (Å²) in [5.74, 6) is 3.53. The summed E-state index contributed by atoms with van der Waals surface area (Å²) in [7, 11) is 0. The van der Waals surface area contributed by atoms with Crippen molar-refractivity contribution in [1.29, 1.82) is 0 Å². The predicted octanol–water partition coefficient (Wildman–Crippen LogP) is 2.44. The summed E-state index contributed by atoms with van der Waals surface area (Å²) in [6.07, 6.45) is 6.33. The topological polar surface area (TPSA) is 0 Å². The lowest BCUT2D eigenvalue weighted by Gasteiger charge is -2.16. The van der Waals surface area contributed by atoms with Crippen molar-refractivity contribution >= 4 is 0 Å². The molecule has 2 bridgehead atoms. The fourth-order valence-corrected chi connectivity index (χ4v) is 3.57. The van der Waals surface area contributed by atoms with Gasteiger partial charge in [0.05, 0.1) is 0 Å². The van der Waals surface area contributed by atoms with E-state index in [0.29, 0.717) is 0 Å². The van der Waals surface area contributed by atoms with Gasteiger partial charge in [-0.2, -0.15) is 0 Å². The van der Waals surface area contributed by atoms with Crippen LogP contribution >= 0.6 is 0 Å². The maximum atomic E-state index is 2.52. The number of hydrogen-bond donors (Lipinski definition) is 0. The van der Waals surface area contributed by atoms with Crippen molar-refractivity contribution in [3.63, 3.8) is 0 Å². The van der Waals surface area contributed by atoms with E-state index in [0.717, 1.165) is 11.3 Å². The van der Waals surface area contributed by atoms with Crippen LogP contribution in [0.5, 0.6) is 0 Å². The molecule has 0 saturated heterocycles. The van der Waals surface area contributed by atoms with Crippen LogP contribution in [0.15, 0.2) is 0 Å². The second-order valence-corrected chi connectivity index (χ2v) is 4.59. The van der Waals surface area contributed by atoms with Gasteiger partial charge in [0.1, 0.15) is 0 Å². The molecule has 0 nitrogen and oxygen atoms in total. The number of hydrogen-bond acceptors (Lipinski definition) is 0. The van der Waals surface area contributed by atoms with Crippen molar-refractivity contribution in [3.8, 4) is 0 Å². The summed E-state index contributed by atoms with van der Waals surface area (Å²) < 4.78 is 0. The van der Waals surface area contributed by atoms with E-state index in [2.05, 4.69) is 6.92 Å². The Morgan fingerprint density at radius 1 is 1.33 bits per heavy atom. The van der Waals surface area contributed by atoms with Crippen molar-refractivity contribution < 1.29 is 0 Å². The average molecular weight is 122 g/mol. The third-order valence-electron chi connectivity index (χ3n) is 4.32. The molecule has 0 spiro atoms. The van der Waals surface area contributed by atoms with Gasteiger partial charge in [0.25, 0.3) is 0 Å². The molecule has 50 valence electrons. The van der Waals surface area contributed by atoms with Gasteiger partial charge in [-0.1, -0.05) is 6.92 Å². The molecule has 0 amide bonds. The summed E-state index contributed by atoms with van der Waals surface area (Å²) in [6.45, 7) is 2.52. The molecule has 0 N–H and O–H groups in total. The Hall–Kier alpha value is 0. The van der Waals surface area contributed by atoms with E-state index >= 15 is 0 Å². The smallest absolute Gasteiger partial charge is 0.0263 e. The van der Waals surface area contributed by atoms with Crippen LogP contribution in [0.4, 0.5) is 0 Å². The lowest BCUT2D eigenvalue weighted by Crippen LogP contribution is -2.08. The van der Waals surface area contributed by atoms with Crippen molar-refractivity contribution in [3.05, 3.63) is 0 Å². The van der Waals surface area contributed by atoms with Gasteiger partial charge in [0.2, 0.25) is 0 Å². The molecule has 4 unspecified atom stereocenters. The SMILES string of the molecule is CC12CC1C1CCC2C1. The van der Waals surface area contributed by atoms with E-state index in [1.165, 1.54) is 11.8 Å². The molecule has 0 aliphatic heterocycles. The van der Waals surface area contributed by atoms with Gasteiger partial charge < -0.3 is 0 Å². The van der Waals surface area contributed by atoms with Crippen molar-refractivity contribution in [2.45, 2.75) is 32.6 Å². The van der Waals surface area contributed by atoms with Crippen molar-refractivity contribution in [1.82, 2.24) is 0 Å². The molecular weight excluding hydrogens is 108 g/mol. The van der Waals surface area contributed by atoms with Crippen LogP contribution in [0.25, 0.3) is 0 Å². The van der Waals surface area contributed by atoms with E-state index in [1.54, 1.807) is 25.7 Å². The third kappa shape index (κ3) is 0.367. The van der Waals surface area contributed by atoms with Gasteiger partial charge in [-0.3, -0.25) is 0 Å². The maximum Gasteiger partial charge on any atom is -0.0263 e. The zero-order valence-corrected chi connectivity index (χ0v) is 6.06. The molecule has 3 fully saturated rings. The molecule has 3 aliphatic rings. The molecule has 0 aromatic carbocycles. The molecule has 3 saturated carbocycles. The van der Waals surface area contributed by atoms with Crippen LogP contribution in [0.2, 0.25) is 0 Å². The molecule has 0 radical (unpaired) electrons. The molecule has 3 aliphatic carbocycles. The standard InChI is InChI=1S/C9H14/c1-9-5-8(9)6-2-3-7(9)4-6/h6-8H,2-5H2,1H3. The minimum absolute atomic E-state index is 0.878. The fraction of sp³-hybridized carbons (Fsp3) is 1.00. The first-order valence-electron chi connectivity index (χ1n) is 4.31. The Balaban J connectivity index is 2.04. The molecule has 0 heteroatoms. The fourth-order valence-electron chi connectivity index (χ4n) is 3.57. The van der Waals surface area contributed by atoms with E-state index in [-0.39, 0.29) is 0 Å². The summed E-state index contributed by atoms with van der Waals surface area (Å²) in [5.41, 5.74) is 0.878. The molecular formula is C9H14. The highest BCUT2D eigenvalue weighted by molar-refractivity contribution is 5.14. The van der Waals surface area contributed by atoms with E-state index in [9.17, 15) is 0 Å². The number of rotatable bonds is 0. The van der Waals surface area contributed by atoms with Gasteiger partial charge in [0, 0.05) is 0 Å². The second kappa shape index (κ2) is 1.09. The van der Waals surface area contributed by atoms with Gasteiger partial charge >= 0.3 is 0 Å². The Bertz CT molecular complexity index is 161. The van der Waals surface area contributed by atoms with Crippen molar-refractivity contribution in [2.75, 3.05) is 0 Å². The van der Waals surface area contributed by atoms with E-state index in [1.807, 2.05) is 0 Å². The molecule has 0 heterocycles. The zero-order chi connectivity index (χ0) is 6.06. The highest BCUT2D eigenvalue weighted by Crippen LogP contribution is 2.74. The molecule has 3 rings (SSSR count). The van der Waals surface area contributed by atoms with Crippen LogP contribution in [0.3, 0.4) is 0 Å². The molecule has 4 atom stereocenters. The highest BCUT2D eigenvalue weighted by atomic mass is 14.7. The third-order valence-corrected chi connectivity index (χ3v) is 4.32. The van der Waals surface area contributed by atoms with Crippen LogP contribution in [0, 0.1) is 23.2 Å². The van der Waals surface area contributed by atoms with E-state index in [4.69, 9.17) is 0 Å². The normalized spacial score (nSPS) is 68.3. The van der Waals surface area contributed by atoms with Crippen LogP contribution in [0.1, 0.15) is 32.6 Å². The highest BCUT2D eigenvalue weighted by Gasteiger charge is 2.65. The van der Waals surface area contributed by atoms with Crippen LogP contribution < -0.4 is 0 Å². The largest absolute Gasteiger partial charge is 0.0591 e. The average Bonchev–Trinajstić information content (AvgIpc) is 2.34. The summed E-state index contributed by atoms with van der Waals surface area (Å²) in [6, 6.07) is 0. The summed E-state index contributed by atoms with van der Waals surface area (Å²) >= 11 is 0. The van der Waals surface area contributed by atoms with Crippen LogP contribution in [-0.4, -0.2) is 0 Å². The molecule has 0 aromatic rings. The first kappa shape index (κ1) is 4.76. The number of fused-ring (bicyclic) bond motifs is 5. The maximum absolute atomic E-state index is 2.52. The molecule has 0 aromatic heterocycles. The Morgan fingerprint density at radius 2 is 2.22 bits per heavy atom. The Morgan fingerprint density at radius 3 is 2.67 bits per heavy atom. The van der Waals surface area contributed by atoms with Gasteiger partial charge in [-0.05, 0) is 48.9 Å². The lowest BCUT2D eigenvalue weighted by molar-refractivity contribution is 0.334. The van der Waals surface area contributed by atoms with E-state index < -0.39 is 0 Å². The first-order valence-corrected chi connectivity index (χ1v) is 4.31. The summed E-state index contributed by atoms with van der Waals surface area (Å²) in [4.78, 5) is 0. The Kier molecular flexibility index (Phi) is 0.574.